The topological polar surface area (TPSA) is 49.8 Å². The molecule has 2 aliphatic heterocycles. The summed E-state index contributed by atoms with van der Waals surface area (Å²) < 4.78 is 5.99. The second-order valence-corrected chi connectivity index (χ2v) is 9.32. The van der Waals surface area contributed by atoms with Crippen molar-refractivity contribution < 1.29 is 14.6 Å². The van der Waals surface area contributed by atoms with Gasteiger partial charge in [-0.3, -0.25) is 4.90 Å². The number of hydrogen-bond donors (Lipinski definition) is 1. The molecule has 2 bridgehead atoms. The van der Waals surface area contributed by atoms with E-state index in [4.69, 9.17) is 4.74 Å². The van der Waals surface area contributed by atoms with Crippen LogP contribution in [0.1, 0.15) is 54.4 Å². The zero-order valence-electron chi connectivity index (χ0n) is 18.0. The van der Waals surface area contributed by atoms with E-state index < -0.39 is 11.6 Å². The van der Waals surface area contributed by atoms with E-state index in [1.54, 1.807) is 0 Å². The number of aliphatic hydroxyl groups is 1. The second-order valence-electron chi connectivity index (χ2n) is 9.32. The fraction of sp³-hybridized carbons (Fsp3) is 0.321. The van der Waals surface area contributed by atoms with Crippen molar-refractivity contribution in [3.8, 4) is 11.1 Å². The van der Waals surface area contributed by atoms with E-state index in [1.165, 1.54) is 22.3 Å². The molecule has 6 rings (SSSR count). The summed E-state index contributed by atoms with van der Waals surface area (Å²) >= 11 is 0. The number of carbonyl (C=O) groups is 1. The first kappa shape index (κ1) is 19.6. The number of fused-ring (bicyclic) bond motifs is 5. The smallest absolute Gasteiger partial charge is 0.410 e. The maximum Gasteiger partial charge on any atom is 0.410 e. The fourth-order valence-electron chi connectivity index (χ4n) is 6.31. The number of amides is 1. The standard InChI is InChI=1S/C28H27NO3/c30-26(19-8-2-1-3-9-19)28-16-14-20(15-17-28)29(28)27(31)32-18-25-23-12-6-4-10-21(23)22-11-5-7-13-24(22)25/h1-13,20,25-26,30H,14-18H2. The molecule has 3 aromatic carbocycles. The normalized spacial score (nSPS) is 24.3. The summed E-state index contributed by atoms with van der Waals surface area (Å²) in [4.78, 5) is 15.3. The first-order valence-corrected chi connectivity index (χ1v) is 11.6. The maximum atomic E-state index is 13.4. The van der Waals surface area contributed by atoms with Gasteiger partial charge >= 0.3 is 6.09 Å². The maximum absolute atomic E-state index is 13.4. The lowest BCUT2D eigenvalue weighted by atomic mass is 9.80. The highest BCUT2D eigenvalue weighted by Crippen LogP contribution is 2.53. The lowest BCUT2D eigenvalue weighted by molar-refractivity contribution is -0.00218. The summed E-state index contributed by atoms with van der Waals surface area (Å²) in [6.07, 6.45) is 2.50. The van der Waals surface area contributed by atoms with Crippen molar-refractivity contribution in [1.82, 2.24) is 4.90 Å². The Bertz CT molecular complexity index is 1100. The quantitative estimate of drug-likeness (QED) is 0.586. The highest BCUT2D eigenvalue weighted by molar-refractivity contribution is 5.79. The van der Waals surface area contributed by atoms with Gasteiger partial charge in [0.1, 0.15) is 12.7 Å². The van der Waals surface area contributed by atoms with Crippen molar-refractivity contribution in [2.45, 2.75) is 49.3 Å². The van der Waals surface area contributed by atoms with Crippen LogP contribution in [0.2, 0.25) is 0 Å². The Balaban J connectivity index is 1.25. The SMILES string of the molecule is O=C(OCC1c2ccccc2-c2ccccc21)N1C2CCC1(C(O)c1ccccc1)CC2. The number of rotatable bonds is 4. The van der Waals surface area contributed by atoms with Crippen LogP contribution >= 0.6 is 0 Å². The van der Waals surface area contributed by atoms with Crippen molar-refractivity contribution in [3.05, 3.63) is 95.6 Å². The molecule has 1 unspecified atom stereocenters. The summed E-state index contributed by atoms with van der Waals surface area (Å²) in [6, 6.07) is 26.6. The van der Waals surface area contributed by atoms with Gasteiger partial charge in [-0.05, 0) is 53.5 Å². The molecule has 1 amide bonds. The number of aliphatic hydroxyl groups excluding tert-OH is 1. The first-order chi connectivity index (χ1) is 15.7. The summed E-state index contributed by atoms with van der Waals surface area (Å²) in [7, 11) is 0. The molecule has 2 saturated heterocycles. The Morgan fingerprint density at radius 1 is 0.906 bits per heavy atom. The lowest BCUT2D eigenvalue weighted by Crippen LogP contribution is -2.49. The van der Waals surface area contributed by atoms with Gasteiger partial charge in [0.05, 0.1) is 5.54 Å². The molecule has 32 heavy (non-hydrogen) atoms. The van der Waals surface area contributed by atoms with Crippen molar-refractivity contribution >= 4 is 6.09 Å². The van der Waals surface area contributed by atoms with Crippen molar-refractivity contribution in [2.75, 3.05) is 6.61 Å². The Kier molecular flexibility index (Phi) is 4.58. The van der Waals surface area contributed by atoms with Crippen molar-refractivity contribution in [2.24, 2.45) is 0 Å². The Labute approximate surface area is 188 Å². The van der Waals surface area contributed by atoms with Crippen LogP contribution in [0.4, 0.5) is 4.79 Å². The van der Waals surface area contributed by atoms with Crippen LogP contribution in [-0.4, -0.2) is 34.3 Å². The van der Waals surface area contributed by atoms with Gasteiger partial charge in [-0.15, -0.1) is 0 Å². The van der Waals surface area contributed by atoms with Crippen molar-refractivity contribution in [1.29, 1.82) is 0 Å². The highest BCUT2D eigenvalue weighted by atomic mass is 16.6. The fourth-order valence-corrected chi connectivity index (χ4v) is 6.31. The van der Waals surface area contributed by atoms with Crippen LogP contribution in [-0.2, 0) is 4.74 Å². The van der Waals surface area contributed by atoms with Crippen LogP contribution in [0, 0.1) is 0 Å². The van der Waals surface area contributed by atoms with Crippen LogP contribution in [0.3, 0.4) is 0 Å². The molecule has 2 fully saturated rings. The Morgan fingerprint density at radius 2 is 1.47 bits per heavy atom. The van der Waals surface area contributed by atoms with Crippen LogP contribution in [0.15, 0.2) is 78.9 Å². The molecule has 0 radical (unpaired) electrons. The Hall–Kier alpha value is -3.11. The van der Waals surface area contributed by atoms with Gasteiger partial charge in [0.25, 0.3) is 0 Å². The third-order valence-corrected chi connectivity index (χ3v) is 7.82. The molecule has 1 atom stereocenters. The number of benzene rings is 3. The molecule has 2 heterocycles. The number of hydrogen-bond acceptors (Lipinski definition) is 3. The largest absolute Gasteiger partial charge is 0.448 e. The van der Waals surface area contributed by atoms with Gasteiger partial charge in [-0.1, -0.05) is 78.9 Å². The number of carbonyl (C=O) groups excluding carboxylic acids is 1. The van der Waals surface area contributed by atoms with E-state index in [0.717, 1.165) is 31.2 Å². The first-order valence-electron chi connectivity index (χ1n) is 11.6. The number of ether oxygens (including phenoxy) is 1. The van der Waals surface area contributed by atoms with E-state index in [1.807, 2.05) is 47.4 Å². The van der Waals surface area contributed by atoms with E-state index in [2.05, 4.69) is 36.4 Å². The van der Waals surface area contributed by atoms with Gasteiger partial charge in [-0.25, -0.2) is 4.79 Å². The molecule has 0 spiro atoms. The zero-order valence-corrected chi connectivity index (χ0v) is 18.0. The molecule has 4 heteroatoms. The third-order valence-electron chi connectivity index (χ3n) is 7.82. The zero-order chi connectivity index (χ0) is 21.7. The average molecular weight is 426 g/mol. The second kappa shape index (κ2) is 7.49. The van der Waals surface area contributed by atoms with E-state index >= 15 is 0 Å². The monoisotopic (exact) mass is 425 g/mol. The van der Waals surface area contributed by atoms with Crippen LogP contribution in [0.25, 0.3) is 11.1 Å². The van der Waals surface area contributed by atoms with Gasteiger partial charge < -0.3 is 9.84 Å². The predicted octanol–water partition coefficient (Wildman–Crippen LogP) is 5.67. The molecule has 0 aromatic heterocycles. The molecule has 3 aliphatic rings. The highest BCUT2D eigenvalue weighted by Gasteiger charge is 2.58. The van der Waals surface area contributed by atoms with Gasteiger partial charge in [0.2, 0.25) is 0 Å². The molecule has 0 saturated carbocycles. The summed E-state index contributed by atoms with van der Waals surface area (Å²) in [6.45, 7) is 0.313. The Morgan fingerprint density at radius 3 is 2.09 bits per heavy atom. The molecule has 4 nitrogen and oxygen atoms in total. The predicted molar refractivity (Wildman–Crippen MR) is 123 cm³/mol. The lowest BCUT2D eigenvalue weighted by Gasteiger charge is -2.38. The molecule has 1 N–H and O–H groups in total. The molecule has 1 aliphatic carbocycles. The van der Waals surface area contributed by atoms with Gasteiger partial charge in [-0.2, -0.15) is 0 Å². The number of nitrogens with zero attached hydrogens (tertiary/aromatic N) is 1. The summed E-state index contributed by atoms with van der Waals surface area (Å²) in [5, 5.41) is 11.3. The van der Waals surface area contributed by atoms with Crippen LogP contribution in [0.5, 0.6) is 0 Å². The average Bonchev–Trinajstić information content (AvgIpc) is 3.51. The van der Waals surface area contributed by atoms with Gasteiger partial charge in [0, 0.05) is 12.0 Å². The van der Waals surface area contributed by atoms with Crippen LogP contribution < -0.4 is 0 Å². The summed E-state index contributed by atoms with van der Waals surface area (Å²) in [5.74, 6) is 0.0432. The van der Waals surface area contributed by atoms with E-state index in [9.17, 15) is 9.90 Å². The minimum absolute atomic E-state index is 0.0432. The molecule has 162 valence electrons. The summed E-state index contributed by atoms with van der Waals surface area (Å²) in [5.41, 5.74) is 5.18. The minimum Gasteiger partial charge on any atom is -0.448 e. The van der Waals surface area contributed by atoms with Gasteiger partial charge in [0.15, 0.2) is 0 Å². The molecule has 3 aromatic rings. The van der Waals surface area contributed by atoms with E-state index in [-0.39, 0.29) is 18.1 Å². The molecular weight excluding hydrogens is 398 g/mol. The third kappa shape index (κ3) is 2.82. The van der Waals surface area contributed by atoms with Crippen molar-refractivity contribution in [3.63, 3.8) is 0 Å². The molecular formula is C28H27NO3. The van der Waals surface area contributed by atoms with E-state index in [0.29, 0.717) is 6.61 Å². The minimum atomic E-state index is -0.698.